The molecule has 0 N–H and O–H groups in total. The monoisotopic (exact) mass is 375 g/mol. The molecule has 1 atom stereocenters. The van der Waals surface area contributed by atoms with E-state index in [1.54, 1.807) is 25.6 Å². The van der Waals surface area contributed by atoms with Crippen molar-refractivity contribution >= 4 is 17.5 Å². The highest BCUT2D eigenvalue weighted by molar-refractivity contribution is 6.18. The van der Waals surface area contributed by atoms with Gasteiger partial charge in [0.25, 0.3) is 0 Å². The lowest BCUT2D eigenvalue weighted by Crippen LogP contribution is -2.39. The van der Waals surface area contributed by atoms with Crippen LogP contribution in [0.25, 0.3) is 0 Å². The molecule has 0 bridgehead atoms. The minimum atomic E-state index is 0.0869. The first kappa shape index (κ1) is 18.5. The van der Waals surface area contributed by atoms with Gasteiger partial charge in [-0.15, -0.1) is 11.6 Å². The number of ether oxygens (including phenoxy) is 2. The number of methoxy groups -OCH3 is 1. The molecule has 1 fully saturated rings. The van der Waals surface area contributed by atoms with Gasteiger partial charge >= 0.3 is 0 Å². The van der Waals surface area contributed by atoms with Crippen molar-refractivity contribution in [2.45, 2.75) is 25.2 Å². The quantitative estimate of drug-likeness (QED) is 0.721. The molecule has 26 heavy (non-hydrogen) atoms. The molecule has 0 aliphatic carbocycles. The topological polar surface area (TPSA) is 64.6 Å². The molecule has 138 valence electrons. The molecule has 1 aromatic carbocycles. The number of hydrogen-bond acceptors (Lipinski definition) is 5. The van der Waals surface area contributed by atoms with E-state index >= 15 is 0 Å². The van der Waals surface area contributed by atoms with Gasteiger partial charge in [-0.2, -0.15) is 0 Å². The molecule has 2 heterocycles. The van der Waals surface area contributed by atoms with E-state index in [-0.39, 0.29) is 11.8 Å². The van der Waals surface area contributed by atoms with Gasteiger partial charge in [-0.25, -0.2) is 4.98 Å². The average molecular weight is 376 g/mol. The SMILES string of the molecule is COc1cccc(Oc2nccnc2C2CCCN(C(=O)CCCl)C2)c1. The molecular formula is C19H22ClN3O3. The first-order valence-electron chi connectivity index (χ1n) is 8.68. The fraction of sp³-hybridized carbons (Fsp3) is 0.421. The zero-order valence-corrected chi connectivity index (χ0v) is 15.5. The lowest BCUT2D eigenvalue weighted by Gasteiger charge is -2.32. The third-order valence-electron chi connectivity index (χ3n) is 4.42. The van der Waals surface area contributed by atoms with Crippen LogP contribution < -0.4 is 9.47 Å². The van der Waals surface area contributed by atoms with E-state index in [1.807, 2.05) is 23.1 Å². The molecule has 1 saturated heterocycles. The van der Waals surface area contributed by atoms with Crippen molar-refractivity contribution < 1.29 is 14.3 Å². The predicted molar refractivity (Wildman–Crippen MR) is 99.0 cm³/mol. The van der Waals surface area contributed by atoms with Gasteiger partial charge in [-0.05, 0) is 25.0 Å². The van der Waals surface area contributed by atoms with E-state index in [9.17, 15) is 4.79 Å². The fourth-order valence-corrected chi connectivity index (χ4v) is 3.30. The smallest absolute Gasteiger partial charge is 0.241 e. The molecule has 2 aromatic rings. The van der Waals surface area contributed by atoms with Gasteiger partial charge in [-0.3, -0.25) is 9.78 Å². The number of nitrogens with zero attached hydrogens (tertiary/aromatic N) is 3. The summed E-state index contributed by atoms with van der Waals surface area (Å²) < 4.78 is 11.2. The Bertz CT molecular complexity index is 756. The minimum Gasteiger partial charge on any atom is -0.497 e. The van der Waals surface area contributed by atoms with Crippen LogP contribution in [0.4, 0.5) is 0 Å². The van der Waals surface area contributed by atoms with Crippen LogP contribution >= 0.6 is 11.6 Å². The second kappa shape index (κ2) is 8.85. The molecule has 7 heteroatoms. The molecule has 1 aliphatic rings. The van der Waals surface area contributed by atoms with Crippen molar-refractivity contribution in [1.82, 2.24) is 14.9 Å². The van der Waals surface area contributed by atoms with Crippen LogP contribution in [0.3, 0.4) is 0 Å². The number of rotatable bonds is 6. The summed E-state index contributed by atoms with van der Waals surface area (Å²) in [5.41, 5.74) is 0.777. The van der Waals surface area contributed by atoms with Gasteiger partial charge in [0.05, 0.1) is 7.11 Å². The second-order valence-corrected chi connectivity index (χ2v) is 6.52. The molecule has 1 aromatic heterocycles. The van der Waals surface area contributed by atoms with Gasteiger partial charge in [0.1, 0.15) is 17.2 Å². The zero-order valence-electron chi connectivity index (χ0n) is 14.7. The van der Waals surface area contributed by atoms with Crippen LogP contribution in [0.15, 0.2) is 36.7 Å². The Hall–Kier alpha value is -2.34. The predicted octanol–water partition coefficient (Wildman–Crippen LogP) is 3.61. The number of alkyl halides is 1. The molecule has 1 aliphatic heterocycles. The van der Waals surface area contributed by atoms with E-state index in [4.69, 9.17) is 21.1 Å². The summed E-state index contributed by atoms with van der Waals surface area (Å²) in [5.74, 6) is 2.34. The van der Waals surface area contributed by atoms with Crippen LogP contribution in [0.2, 0.25) is 0 Å². The van der Waals surface area contributed by atoms with E-state index in [2.05, 4.69) is 9.97 Å². The Morgan fingerprint density at radius 1 is 1.31 bits per heavy atom. The van der Waals surface area contributed by atoms with Gasteiger partial charge in [-0.1, -0.05) is 6.07 Å². The molecule has 0 spiro atoms. The number of amides is 1. The highest BCUT2D eigenvalue weighted by atomic mass is 35.5. The Labute approximate surface area is 158 Å². The third-order valence-corrected chi connectivity index (χ3v) is 4.61. The Kier molecular flexibility index (Phi) is 6.28. The number of benzene rings is 1. The van der Waals surface area contributed by atoms with Gasteiger partial charge in [0, 0.05) is 49.8 Å². The Morgan fingerprint density at radius 2 is 2.12 bits per heavy atom. The summed E-state index contributed by atoms with van der Waals surface area (Å²) >= 11 is 5.71. The fourth-order valence-electron chi connectivity index (χ4n) is 3.14. The van der Waals surface area contributed by atoms with Crippen LogP contribution in [0, 0.1) is 0 Å². The molecule has 0 saturated carbocycles. The van der Waals surface area contributed by atoms with Gasteiger partial charge in [0.15, 0.2) is 0 Å². The maximum absolute atomic E-state index is 12.2. The van der Waals surface area contributed by atoms with Crippen LogP contribution in [-0.2, 0) is 4.79 Å². The standard InChI is InChI=1S/C19H22ClN3O3/c1-25-15-5-2-6-16(12-15)26-19-18(21-9-10-22-19)14-4-3-11-23(13-14)17(24)7-8-20/h2,5-6,9-10,12,14H,3-4,7-8,11,13H2,1H3. The summed E-state index contributed by atoms with van der Waals surface area (Å²) in [6, 6.07) is 7.36. The molecule has 0 radical (unpaired) electrons. The zero-order chi connectivity index (χ0) is 18.4. The first-order chi connectivity index (χ1) is 12.7. The van der Waals surface area contributed by atoms with Gasteiger partial charge in [0.2, 0.25) is 11.8 Å². The molecule has 1 unspecified atom stereocenters. The van der Waals surface area contributed by atoms with E-state index in [0.717, 1.165) is 25.1 Å². The highest BCUT2D eigenvalue weighted by Crippen LogP contribution is 2.33. The molecular weight excluding hydrogens is 354 g/mol. The number of likely N-dealkylation sites (tertiary alicyclic amines) is 1. The van der Waals surface area contributed by atoms with Crippen LogP contribution in [-0.4, -0.2) is 46.9 Å². The van der Waals surface area contributed by atoms with Crippen LogP contribution in [0.5, 0.6) is 17.4 Å². The summed E-state index contributed by atoms with van der Waals surface area (Å²) in [7, 11) is 1.61. The van der Waals surface area contributed by atoms with Gasteiger partial charge < -0.3 is 14.4 Å². The number of carbonyl (C=O) groups excluding carboxylic acids is 1. The largest absolute Gasteiger partial charge is 0.497 e. The van der Waals surface area contributed by atoms with Crippen molar-refractivity contribution in [1.29, 1.82) is 0 Å². The Morgan fingerprint density at radius 3 is 2.92 bits per heavy atom. The summed E-state index contributed by atoms with van der Waals surface area (Å²) in [5, 5.41) is 0. The van der Waals surface area contributed by atoms with E-state index in [1.165, 1.54) is 0 Å². The van der Waals surface area contributed by atoms with Crippen molar-refractivity contribution in [3.8, 4) is 17.4 Å². The number of hydrogen-bond donors (Lipinski definition) is 0. The van der Waals surface area contributed by atoms with E-state index < -0.39 is 0 Å². The molecule has 3 rings (SSSR count). The second-order valence-electron chi connectivity index (χ2n) is 6.15. The maximum atomic E-state index is 12.2. The summed E-state index contributed by atoms with van der Waals surface area (Å²) in [4.78, 5) is 22.9. The molecule has 1 amide bonds. The summed E-state index contributed by atoms with van der Waals surface area (Å²) in [6.45, 7) is 1.38. The van der Waals surface area contributed by atoms with Crippen molar-refractivity contribution in [3.05, 3.63) is 42.4 Å². The summed E-state index contributed by atoms with van der Waals surface area (Å²) in [6.07, 6.45) is 5.50. The average Bonchev–Trinajstić information content (AvgIpc) is 2.69. The van der Waals surface area contributed by atoms with Crippen molar-refractivity contribution in [3.63, 3.8) is 0 Å². The number of piperidine rings is 1. The Balaban J connectivity index is 1.79. The number of halogens is 1. The van der Waals surface area contributed by atoms with Crippen LogP contribution in [0.1, 0.15) is 30.9 Å². The highest BCUT2D eigenvalue weighted by Gasteiger charge is 2.28. The van der Waals surface area contributed by atoms with Crippen molar-refractivity contribution in [2.24, 2.45) is 0 Å². The number of aromatic nitrogens is 2. The lowest BCUT2D eigenvalue weighted by molar-refractivity contribution is -0.132. The third kappa shape index (κ3) is 4.43. The number of carbonyl (C=O) groups is 1. The maximum Gasteiger partial charge on any atom is 0.241 e. The lowest BCUT2D eigenvalue weighted by atomic mass is 9.94. The first-order valence-corrected chi connectivity index (χ1v) is 9.21. The van der Waals surface area contributed by atoms with Crippen molar-refractivity contribution in [2.75, 3.05) is 26.1 Å². The minimum absolute atomic E-state index is 0.0869. The van der Waals surface area contributed by atoms with E-state index in [0.29, 0.717) is 36.2 Å². The molecule has 6 nitrogen and oxygen atoms in total. The normalized spacial score (nSPS) is 17.0.